The van der Waals surface area contributed by atoms with Crippen LogP contribution in [0.3, 0.4) is 0 Å². The Balaban J connectivity index is 2.27. The van der Waals surface area contributed by atoms with E-state index in [-0.39, 0.29) is 0 Å². The van der Waals surface area contributed by atoms with Gasteiger partial charge in [0.15, 0.2) is 0 Å². The fraction of sp³-hybridized carbons (Fsp3) is 0.286. The molecule has 0 saturated heterocycles. The molecule has 0 amide bonds. The van der Waals surface area contributed by atoms with E-state index < -0.39 is 0 Å². The van der Waals surface area contributed by atoms with Crippen LogP contribution in [0.15, 0.2) is 28.7 Å². The molecule has 2 N–H and O–H groups in total. The fourth-order valence-corrected chi connectivity index (χ4v) is 2.28. The van der Waals surface area contributed by atoms with Crippen LogP contribution >= 0.6 is 15.9 Å². The summed E-state index contributed by atoms with van der Waals surface area (Å²) in [5.41, 5.74) is 2.21. The highest BCUT2D eigenvalue weighted by Crippen LogP contribution is 2.23. The summed E-state index contributed by atoms with van der Waals surface area (Å²) < 4.78 is 1.07. The van der Waals surface area contributed by atoms with Crippen molar-refractivity contribution in [1.29, 1.82) is 0 Å². The maximum absolute atomic E-state index is 4.40. The van der Waals surface area contributed by atoms with E-state index in [9.17, 15) is 0 Å². The molecule has 0 aliphatic rings. The quantitative estimate of drug-likeness (QED) is 0.892. The smallest absolute Gasteiger partial charge is 0.136 e. The molecule has 0 saturated carbocycles. The average molecular weight is 321 g/mol. The van der Waals surface area contributed by atoms with E-state index >= 15 is 0 Å². The first kappa shape index (κ1) is 13.8. The van der Waals surface area contributed by atoms with Crippen LogP contribution in [0.5, 0.6) is 0 Å². The van der Waals surface area contributed by atoms with Gasteiger partial charge in [0.2, 0.25) is 0 Å². The van der Waals surface area contributed by atoms with Crippen molar-refractivity contribution in [2.24, 2.45) is 0 Å². The second-order valence-electron chi connectivity index (χ2n) is 4.30. The third-order valence-electron chi connectivity index (χ3n) is 2.65. The van der Waals surface area contributed by atoms with Gasteiger partial charge in [-0.2, -0.15) is 0 Å². The summed E-state index contributed by atoms with van der Waals surface area (Å²) in [7, 11) is 0. The SMILES string of the molecule is CCNc1cc(Nc2ccc(Br)cc2C)nc(C)n1. The van der Waals surface area contributed by atoms with Gasteiger partial charge in [-0.3, -0.25) is 0 Å². The second kappa shape index (κ2) is 6.02. The predicted molar refractivity (Wildman–Crippen MR) is 83.1 cm³/mol. The minimum absolute atomic E-state index is 0.746. The first-order valence-corrected chi connectivity index (χ1v) is 7.00. The van der Waals surface area contributed by atoms with E-state index in [1.165, 1.54) is 0 Å². The monoisotopic (exact) mass is 320 g/mol. The average Bonchev–Trinajstić information content (AvgIpc) is 2.32. The molecule has 100 valence electrons. The van der Waals surface area contributed by atoms with Crippen LogP contribution in [0.2, 0.25) is 0 Å². The molecule has 0 unspecified atom stereocenters. The van der Waals surface area contributed by atoms with Crippen molar-refractivity contribution in [3.63, 3.8) is 0 Å². The Morgan fingerprint density at radius 1 is 1.11 bits per heavy atom. The van der Waals surface area contributed by atoms with E-state index in [2.05, 4.69) is 49.5 Å². The Hall–Kier alpha value is -1.62. The first-order valence-electron chi connectivity index (χ1n) is 6.21. The van der Waals surface area contributed by atoms with Crippen LogP contribution in [-0.4, -0.2) is 16.5 Å². The van der Waals surface area contributed by atoms with Gasteiger partial charge in [-0.15, -0.1) is 0 Å². The third kappa shape index (κ3) is 3.67. The zero-order valence-corrected chi connectivity index (χ0v) is 12.9. The Kier molecular flexibility index (Phi) is 4.37. The van der Waals surface area contributed by atoms with Crippen molar-refractivity contribution in [1.82, 2.24) is 9.97 Å². The Bertz CT molecular complexity index is 584. The van der Waals surface area contributed by atoms with Gasteiger partial charge in [0.05, 0.1) is 0 Å². The molecule has 19 heavy (non-hydrogen) atoms. The molecule has 1 aromatic carbocycles. The van der Waals surface area contributed by atoms with Gasteiger partial charge in [-0.05, 0) is 44.5 Å². The van der Waals surface area contributed by atoms with Gasteiger partial charge < -0.3 is 10.6 Å². The molecule has 1 aromatic heterocycles. The summed E-state index contributed by atoms with van der Waals surface area (Å²) in [6.45, 7) is 6.84. The van der Waals surface area contributed by atoms with E-state index in [4.69, 9.17) is 0 Å². The van der Waals surface area contributed by atoms with Gasteiger partial charge in [-0.25, -0.2) is 9.97 Å². The zero-order valence-electron chi connectivity index (χ0n) is 11.3. The minimum atomic E-state index is 0.746. The normalized spacial score (nSPS) is 10.3. The summed E-state index contributed by atoms with van der Waals surface area (Å²) in [6.07, 6.45) is 0. The standard InChI is InChI=1S/C14H17BrN4/c1-4-16-13-8-14(18-10(3)17-13)19-12-6-5-11(15)7-9(12)2/h5-8H,4H2,1-3H3,(H2,16,17,18,19). The van der Waals surface area contributed by atoms with Gasteiger partial charge in [0.25, 0.3) is 0 Å². The molecule has 0 fully saturated rings. The fourth-order valence-electron chi connectivity index (χ4n) is 1.81. The van der Waals surface area contributed by atoms with E-state index in [1.807, 2.05) is 32.0 Å². The van der Waals surface area contributed by atoms with Crippen LogP contribution < -0.4 is 10.6 Å². The number of hydrogen-bond donors (Lipinski definition) is 2. The highest BCUT2D eigenvalue weighted by molar-refractivity contribution is 9.10. The van der Waals surface area contributed by atoms with Crippen molar-refractivity contribution < 1.29 is 0 Å². The summed E-state index contributed by atoms with van der Waals surface area (Å²) in [4.78, 5) is 8.73. The van der Waals surface area contributed by atoms with E-state index in [0.717, 1.165) is 39.7 Å². The van der Waals surface area contributed by atoms with Crippen molar-refractivity contribution >= 4 is 33.3 Å². The highest BCUT2D eigenvalue weighted by Gasteiger charge is 2.04. The molecule has 4 nitrogen and oxygen atoms in total. The van der Waals surface area contributed by atoms with Crippen LogP contribution in [0, 0.1) is 13.8 Å². The number of aromatic nitrogens is 2. The molecular weight excluding hydrogens is 304 g/mol. The van der Waals surface area contributed by atoms with Crippen molar-refractivity contribution in [2.75, 3.05) is 17.2 Å². The molecular formula is C14H17BrN4. The van der Waals surface area contributed by atoms with Crippen LogP contribution in [0.1, 0.15) is 18.3 Å². The van der Waals surface area contributed by atoms with Gasteiger partial charge in [-0.1, -0.05) is 15.9 Å². The van der Waals surface area contributed by atoms with E-state index in [0.29, 0.717) is 0 Å². The number of nitrogens with zero attached hydrogens (tertiary/aromatic N) is 2. The number of rotatable bonds is 4. The molecule has 0 aliphatic heterocycles. The molecule has 5 heteroatoms. The zero-order chi connectivity index (χ0) is 13.8. The second-order valence-corrected chi connectivity index (χ2v) is 5.22. The number of benzene rings is 1. The molecule has 0 atom stereocenters. The summed E-state index contributed by atoms with van der Waals surface area (Å²) >= 11 is 3.46. The van der Waals surface area contributed by atoms with Gasteiger partial charge in [0.1, 0.15) is 17.5 Å². The van der Waals surface area contributed by atoms with E-state index in [1.54, 1.807) is 0 Å². The molecule has 0 spiro atoms. The van der Waals surface area contributed by atoms with Crippen LogP contribution in [-0.2, 0) is 0 Å². The Labute approximate surface area is 121 Å². The Morgan fingerprint density at radius 2 is 1.84 bits per heavy atom. The molecule has 0 radical (unpaired) electrons. The lowest BCUT2D eigenvalue weighted by Crippen LogP contribution is -2.04. The lowest BCUT2D eigenvalue weighted by molar-refractivity contribution is 1.04. The molecule has 0 aliphatic carbocycles. The van der Waals surface area contributed by atoms with Crippen molar-refractivity contribution in [3.8, 4) is 0 Å². The maximum Gasteiger partial charge on any atom is 0.136 e. The lowest BCUT2D eigenvalue weighted by Gasteiger charge is -2.11. The maximum atomic E-state index is 4.40. The van der Waals surface area contributed by atoms with Gasteiger partial charge >= 0.3 is 0 Å². The lowest BCUT2D eigenvalue weighted by atomic mass is 10.2. The Morgan fingerprint density at radius 3 is 2.53 bits per heavy atom. The number of anilines is 3. The van der Waals surface area contributed by atoms with Gasteiger partial charge in [0, 0.05) is 22.8 Å². The molecule has 0 bridgehead atoms. The third-order valence-corrected chi connectivity index (χ3v) is 3.14. The number of hydrogen-bond acceptors (Lipinski definition) is 4. The summed E-state index contributed by atoms with van der Waals surface area (Å²) in [5, 5.41) is 6.53. The molecule has 2 rings (SSSR count). The molecule has 2 aromatic rings. The van der Waals surface area contributed by atoms with Crippen molar-refractivity contribution in [2.45, 2.75) is 20.8 Å². The number of aryl methyl sites for hydroxylation is 2. The van der Waals surface area contributed by atoms with Crippen LogP contribution in [0.25, 0.3) is 0 Å². The largest absolute Gasteiger partial charge is 0.370 e. The minimum Gasteiger partial charge on any atom is -0.370 e. The molecule has 1 heterocycles. The topological polar surface area (TPSA) is 49.8 Å². The predicted octanol–water partition coefficient (Wildman–Crippen LogP) is 4.03. The highest BCUT2D eigenvalue weighted by atomic mass is 79.9. The van der Waals surface area contributed by atoms with Crippen LogP contribution in [0.4, 0.5) is 17.3 Å². The first-order chi connectivity index (χ1) is 9.08. The number of halogens is 1. The summed E-state index contributed by atoms with van der Waals surface area (Å²) in [5.74, 6) is 2.39. The summed E-state index contributed by atoms with van der Waals surface area (Å²) in [6, 6.07) is 8.03. The van der Waals surface area contributed by atoms with Crippen molar-refractivity contribution in [3.05, 3.63) is 40.1 Å². The number of nitrogens with one attached hydrogen (secondary N) is 2.